The summed E-state index contributed by atoms with van der Waals surface area (Å²) in [5.41, 5.74) is 10.1. The maximum atomic E-state index is 12.9. The van der Waals surface area contributed by atoms with Gasteiger partial charge in [-0.3, -0.25) is 0 Å². The number of methoxy groups -OCH3 is 1. The lowest BCUT2D eigenvalue weighted by Gasteiger charge is -2.25. The summed E-state index contributed by atoms with van der Waals surface area (Å²) in [5.74, 6) is 0.974. The van der Waals surface area contributed by atoms with Crippen LogP contribution in [0.2, 0.25) is 0 Å². The van der Waals surface area contributed by atoms with Gasteiger partial charge in [0.25, 0.3) is 0 Å². The fourth-order valence-electron chi connectivity index (χ4n) is 3.39. The Hall–Kier alpha value is -3.65. The van der Waals surface area contributed by atoms with E-state index in [4.69, 9.17) is 10.5 Å². The highest BCUT2D eigenvalue weighted by molar-refractivity contribution is 5.93. The Balaban J connectivity index is 1.55. The molecule has 2 aromatic carbocycles. The molecule has 2 heterocycles. The molecule has 0 radical (unpaired) electrons. The number of amides is 2. The van der Waals surface area contributed by atoms with E-state index in [9.17, 15) is 4.79 Å². The van der Waals surface area contributed by atoms with E-state index < -0.39 is 0 Å². The van der Waals surface area contributed by atoms with Crippen LogP contribution < -0.4 is 20.8 Å². The molecule has 0 fully saturated rings. The number of carbonyl (C=O) groups excluding carboxylic acids is 1. The lowest BCUT2D eigenvalue weighted by atomic mass is 10.1. The second-order valence-corrected chi connectivity index (χ2v) is 6.78. The van der Waals surface area contributed by atoms with Gasteiger partial charge in [0, 0.05) is 31.9 Å². The minimum atomic E-state index is -0.201. The number of nitrogens with two attached hydrogens (primary N) is 1. The van der Waals surface area contributed by atoms with Gasteiger partial charge in [-0.25, -0.2) is 24.8 Å². The highest BCUT2D eigenvalue weighted by Gasteiger charge is 2.30. The summed E-state index contributed by atoms with van der Waals surface area (Å²) in [4.78, 5) is 21.2. The van der Waals surface area contributed by atoms with Crippen LogP contribution in [-0.2, 0) is 13.1 Å². The Morgan fingerprint density at radius 1 is 1.24 bits per heavy atom. The number of hydrazine groups is 1. The summed E-state index contributed by atoms with van der Waals surface area (Å²) in [7, 11) is 3.50. The maximum Gasteiger partial charge on any atom is 0.336 e. The van der Waals surface area contributed by atoms with E-state index in [0.29, 0.717) is 18.8 Å². The summed E-state index contributed by atoms with van der Waals surface area (Å²) in [5, 5.41) is 6.50. The Kier molecular flexibility index (Phi) is 5.01. The van der Waals surface area contributed by atoms with E-state index in [1.165, 1.54) is 0 Å². The predicted octanol–water partition coefficient (Wildman–Crippen LogP) is 2.81. The number of urea groups is 1. The van der Waals surface area contributed by atoms with Crippen LogP contribution in [-0.4, -0.2) is 35.2 Å². The van der Waals surface area contributed by atoms with Crippen molar-refractivity contribution in [1.29, 1.82) is 0 Å². The van der Waals surface area contributed by atoms with Crippen molar-refractivity contribution < 1.29 is 9.53 Å². The largest absolute Gasteiger partial charge is 0.497 e. The first-order chi connectivity index (χ1) is 14.0. The van der Waals surface area contributed by atoms with Gasteiger partial charge >= 0.3 is 6.03 Å². The molecule has 4 rings (SSSR count). The SMILES string of the molecule is COc1cccc(CNC(=O)N2c3cc(-c4ccnc(N)n4)ccc3CN2C)c1. The molecule has 1 aliphatic rings. The monoisotopic (exact) mass is 390 g/mol. The maximum absolute atomic E-state index is 12.9. The van der Waals surface area contributed by atoms with Crippen LogP contribution in [0.5, 0.6) is 5.75 Å². The van der Waals surface area contributed by atoms with Crippen molar-refractivity contribution in [3.8, 4) is 17.0 Å². The number of fused-ring (bicyclic) bond motifs is 1. The number of ether oxygens (including phenoxy) is 1. The molecule has 1 aliphatic heterocycles. The third kappa shape index (κ3) is 3.83. The third-order valence-electron chi connectivity index (χ3n) is 4.79. The molecule has 0 atom stereocenters. The van der Waals surface area contributed by atoms with Crippen LogP contribution in [0, 0.1) is 0 Å². The van der Waals surface area contributed by atoms with Gasteiger partial charge in [-0.05, 0) is 35.4 Å². The van der Waals surface area contributed by atoms with Crippen LogP contribution in [0.3, 0.4) is 0 Å². The lowest BCUT2D eigenvalue weighted by molar-refractivity contribution is 0.226. The normalized spacial score (nSPS) is 13.2. The number of carbonyl (C=O) groups is 1. The molecular weight excluding hydrogens is 368 g/mol. The van der Waals surface area contributed by atoms with Crippen LogP contribution in [0.15, 0.2) is 54.7 Å². The van der Waals surface area contributed by atoms with Crippen LogP contribution >= 0.6 is 0 Å². The van der Waals surface area contributed by atoms with Crippen LogP contribution in [0.25, 0.3) is 11.3 Å². The first kappa shape index (κ1) is 18.7. The van der Waals surface area contributed by atoms with E-state index in [1.807, 2.05) is 54.5 Å². The van der Waals surface area contributed by atoms with Crippen molar-refractivity contribution in [2.24, 2.45) is 0 Å². The second-order valence-electron chi connectivity index (χ2n) is 6.78. The van der Waals surface area contributed by atoms with Gasteiger partial charge in [-0.2, -0.15) is 0 Å². The number of nitrogen functional groups attached to an aromatic ring is 1. The third-order valence-corrected chi connectivity index (χ3v) is 4.79. The molecule has 0 spiro atoms. The number of nitrogens with zero attached hydrogens (tertiary/aromatic N) is 4. The van der Waals surface area contributed by atoms with Gasteiger partial charge in [-0.1, -0.05) is 24.3 Å². The lowest BCUT2D eigenvalue weighted by Crippen LogP contribution is -2.45. The molecule has 0 bridgehead atoms. The Labute approximate surface area is 168 Å². The second kappa shape index (κ2) is 7.76. The van der Waals surface area contributed by atoms with Gasteiger partial charge in [0.15, 0.2) is 0 Å². The average Bonchev–Trinajstić information content (AvgIpc) is 3.07. The molecule has 3 N–H and O–H groups in total. The van der Waals surface area contributed by atoms with Gasteiger partial charge in [0.05, 0.1) is 18.5 Å². The molecule has 3 aromatic rings. The van der Waals surface area contributed by atoms with Crippen molar-refractivity contribution in [3.63, 3.8) is 0 Å². The number of anilines is 2. The number of rotatable bonds is 4. The van der Waals surface area contributed by atoms with E-state index in [1.54, 1.807) is 24.4 Å². The van der Waals surface area contributed by atoms with Crippen LogP contribution in [0.4, 0.5) is 16.4 Å². The zero-order chi connectivity index (χ0) is 20.4. The molecule has 0 saturated carbocycles. The van der Waals surface area contributed by atoms with Crippen molar-refractivity contribution in [2.75, 3.05) is 24.9 Å². The van der Waals surface area contributed by atoms with Crippen molar-refractivity contribution in [3.05, 3.63) is 65.9 Å². The molecule has 8 nitrogen and oxygen atoms in total. The number of nitrogens with one attached hydrogen (secondary N) is 1. The average molecular weight is 390 g/mol. The number of hydrogen-bond donors (Lipinski definition) is 2. The fraction of sp³-hybridized carbons (Fsp3) is 0.190. The molecular formula is C21H22N6O2. The highest BCUT2D eigenvalue weighted by Crippen LogP contribution is 2.34. The molecule has 0 saturated heterocycles. The number of benzene rings is 2. The van der Waals surface area contributed by atoms with Gasteiger partial charge in [0.1, 0.15) is 5.75 Å². The molecule has 29 heavy (non-hydrogen) atoms. The van der Waals surface area contributed by atoms with Gasteiger partial charge in [-0.15, -0.1) is 0 Å². The van der Waals surface area contributed by atoms with Crippen molar-refractivity contribution in [2.45, 2.75) is 13.1 Å². The molecule has 8 heteroatoms. The Bertz CT molecular complexity index is 1050. The van der Waals surface area contributed by atoms with Gasteiger partial charge in [0.2, 0.25) is 5.95 Å². The zero-order valence-corrected chi connectivity index (χ0v) is 16.3. The quantitative estimate of drug-likeness (QED) is 0.711. The Morgan fingerprint density at radius 3 is 2.90 bits per heavy atom. The summed E-state index contributed by atoms with van der Waals surface area (Å²) in [6.07, 6.45) is 1.62. The minimum Gasteiger partial charge on any atom is -0.497 e. The fourth-order valence-corrected chi connectivity index (χ4v) is 3.39. The summed E-state index contributed by atoms with van der Waals surface area (Å²) in [6, 6.07) is 15.2. The first-order valence-corrected chi connectivity index (χ1v) is 9.19. The van der Waals surface area contributed by atoms with Crippen molar-refractivity contribution >= 4 is 17.7 Å². The molecule has 1 aromatic heterocycles. The van der Waals surface area contributed by atoms with Gasteiger partial charge < -0.3 is 15.8 Å². The molecule has 148 valence electrons. The number of aromatic nitrogens is 2. The minimum absolute atomic E-state index is 0.201. The van der Waals surface area contributed by atoms with E-state index in [0.717, 1.165) is 28.1 Å². The van der Waals surface area contributed by atoms with E-state index in [-0.39, 0.29) is 12.0 Å². The topological polar surface area (TPSA) is 96.6 Å². The highest BCUT2D eigenvalue weighted by atomic mass is 16.5. The standard InChI is InChI=1S/C21H22N6O2/c1-26-13-16-7-6-15(18-8-9-23-20(22)25-18)11-19(16)27(26)21(28)24-12-14-4-3-5-17(10-14)29-2/h3-11H,12-13H2,1-2H3,(H,24,28)(H2,22,23,25). The molecule has 2 amide bonds. The zero-order valence-electron chi connectivity index (χ0n) is 16.3. The summed E-state index contributed by atoms with van der Waals surface area (Å²) < 4.78 is 5.24. The predicted molar refractivity (Wildman–Crippen MR) is 111 cm³/mol. The number of hydrogen-bond acceptors (Lipinski definition) is 6. The van der Waals surface area contributed by atoms with Crippen LogP contribution in [0.1, 0.15) is 11.1 Å². The molecule has 0 unspecified atom stereocenters. The van der Waals surface area contributed by atoms with E-state index in [2.05, 4.69) is 15.3 Å². The smallest absolute Gasteiger partial charge is 0.336 e. The summed E-state index contributed by atoms with van der Waals surface area (Å²) in [6.45, 7) is 1.05. The summed E-state index contributed by atoms with van der Waals surface area (Å²) >= 11 is 0. The van der Waals surface area contributed by atoms with Crippen molar-refractivity contribution in [1.82, 2.24) is 20.3 Å². The molecule has 0 aliphatic carbocycles. The van der Waals surface area contributed by atoms with E-state index >= 15 is 0 Å². The first-order valence-electron chi connectivity index (χ1n) is 9.19. The Morgan fingerprint density at radius 2 is 2.10 bits per heavy atom.